The normalized spacial score (nSPS) is 57.9. The van der Waals surface area contributed by atoms with Crippen LogP contribution in [0.4, 0.5) is 0 Å². The van der Waals surface area contributed by atoms with Crippen LogP contribution in [0.2, 0.25) is 0 Å². The molecule has 0 aliphatic carbocycles. The molecule has 0 saturated carbocycles. The summed E-state index contributed by atoms with van der Waals surface area (Å²) in [5, 5.41) is 3.49. The Morgan fingerprint density at radius 1 is 1.50 bits per heavy atom. The molecule has 2 fully saturated rings. The molecule has 0 amide bonds. The maximum absolute atomic E-state index is 5.85. The van der Waals surface area contributed by atoms with Crippen LogP contribution in [0, 0.1) is 5.92 Å². The molecule has 2 heterocycles. The SMILES string of the molecule is [B][C@@H]1O[C@]2(CC)C(C)[C@@H]1N[C@H]2C. The first kappa shape index (κ1) is 8.58. The van der Waals surface area contributed by atoms with Crippen molar-refractivity contribution < 1.29 is 4.74 Å². The van der Waals surface area contributed by atoms with Crippen LogP contribution in [0.3, 0.4) is 0 Å². The Labute approximate surface area is 75.5 Å². The Kier molecular flexibility index (Phi) is 1.78. The fourth-order valence-electron chi connectivity index (χ4n) is 2.90. The lowest BCUT2D eigenvalue weighted by Crippen LogP contribution is -2.51. The highest BCUT2D eigenvalue weighted by molar-refractivity contribution is 6.12. The van der Waals surface area contributed by atoms with Crippen molar-refractivity contribution in [3.8, 4) is 0 Å². The van der Waals surface area contributed by atoms with Gasteiger partial charge in [-0.1, -0.05) is 13.8 Å². The highest BCUT2D eigenvalue weighted by atomic mass is 16.5. The Balaban J connectivity index is 2.30. The molecule has 3 heteroatoms. The van der Waals surface area contributed by atoms with Crippen LogP contribution < -0.4 is 5.32 Å². The molecule has 2 bridgehead atoms. The molecule has 66 valence electrons. The van der Waals surface area contributed by atoms with Crippen LogP contribution >= 0.6 is 0 Å². The lowest BCUT2D eigenvalue weighted by Gasteiger charge is -2.36. The largest absolute Gasteiger partial charge is 0.378 e. The van der Waals surface area contributed by atoms with E-state index in [9.17, 15) is 0 Å². The van der Waals surface area contributed by atoms with E-state index in [0.717, 1.165) is 6.42 Å². The van der Waals surface area contributed by atoms with E-state index in [1.807, 2.05) is 0 Å². The number of hydrogen-bond acceptors (Lipinski definition) is 2. The Bertz CT molecular complexity index is 199. The molecule has 2 radical (unpaired) electrons. The van der Waals surface area contributed by atoms with E-state index in [1.165, 1.54) is 0 Å². The summed E-state index contributed by atoms with van der Waals surface area (Å²) in [6, 6.07) is 0.707. The van der Waals surface area contributed by atoms with Gasteiger partial charge >= 0.3 is 0 Å². The predicted octanol–water partition coefficient (Wildman–Crippen LogP) is 0.656. The summed E-state index contributed by atoms with van der Waals surface area (Å²) in [5.41, 5.74) is 0.00405. The van der Waals surface area contributed by atoms with Gasteiger partial charge in [-0.2, -0.15) is 0 Å². The molecule has 0 aromatic rings. The third-order valence-corrected chi connectivity index (χ3v) is 3.75. The van der Waals surface area contributed by atoms with Crippen LogP contribution in [0.1, 0.15) is 27.2 Å². The van der Waals surface area contributed by atoms with E-state index in [1.54, 1.807) is 0 Å². The van der Waals surface area contributed by atoms with E-state index in [-0.39, 0.29) is 11.6 Å². The van der Waals surface area contributed by atoms with E-state index < -0.39 is 0 Å². The zero-order valence-electron chi connectivity index (χ0n) is 8.00. The van der Waals surface area contributed by atoms with Gasteiger partial charge in [0.05, 0.1) is 5.60 Å². The van der Waals surface area contributed by atoms with Crippen LogP contribution in [0.5, 0.6) is 0 Å². The lowest BCUT2D eigenvalue weighted by atomic mass is 9.82. The Hall–Kier alpha value is -0.0151. The van der Waals surface area contributed by atoms with Gasteiger partial charge in [-0.3, -0.25) is 0 Å². The van der Waals surface area contributed by atoms with Gasteiger partial charge < -0.3 is 10.1 Å². The molecule has 0 aromatic heterocycles. The second kappa shape index (κ2) is 2.49. The number of rotatable bonds is 1. The van der Waals surface area contributed by atoms with Gasteiger partial charge in [-0.05, 0) is 13.3 Å². The third kappa shape index (κ3) is 0.788. The fourth-order valence-corrected chi connectivity index (χ4v) is 2.90. The van der Waals surface area contributed by atoms with Crippen LogP contribution in [0.15, 0.2) is 0 Å². The molecule has 12 heavy (non-hydrogen) atoms. The van der Waals surface area contributed by atoms with Crippen molar-refractivity contribution in [2.24, 2.45) is 5.92 Å². The highest BCUT2D eigenvalue weighted by Crippen LogP contribution is 2.45. The summed E-state index contributed by atoms with van der Waals surface area (Å²) in [4.78, 5) is 0. The minimum absolute atomic E-state index is 0.00405. The van der Waals surface area contributed by atoms with Crippen molar-refractivity contribution in [1.82, 2.24) is 5.32 Å². The molecule has 2 saturated heterocycles. The van der Waals surface area contributed by atoms with E-state index in [2.05, 4.69) is 26.1 Å². The lowest BCUT2D eigenvalue weighted by molar-refractivity contribution is -0.0638. The van der Waals surface area contributed by atoms with Gasteiger partial charge in [0.15, 0.2) is 0 Å². The van der Waals surface area contributed by atoms with Crippen molar-refractivity contribution in [3.05, 3.63) is 0 Å². The molecule has 0 aromatic carbocycles. The van der Waals surface area contributed by atoms with Crippen LogP contribution in [0.25, 0.3) is 0 Å². The van der Waals surface area contributed by atoms with Crippen molar-refractivity contribution in [2.75, 3.05) is 0 Å². The van der Waals surface area contributed by atoms with Gasteiger partial charge in [-0.25, -0.2) is 0 Å². The van der Waals surface area contributed by atoms with Crippen LogP contribution in [-0.4, -0.2) is 31.5 Å². The minimum Gasteiger partial charge on any atom is -0.378 e. The van der Waals surface area contributed by atoms with Gasteiger partial charge in [0.2, 0.25) is 0 Å². The Morgan fingerprint density at radius 2 is 2.17 bits per heavy atom. The molecular weight excluding hydrogens is 149 g/mol. The summed E-state index contributed by atoms with van der Waals surface area (Å²) in [6.45, 7) is 6.60. The van der Waals surface area contributed by atoms with Crippen molar-refractivity contribution in [1.29, 1.82) is 0 Å². The first-order chi connectivity index (χ1) is 5.62. The Morgan fingerprint density at radius 3 is 2.50 bits per heavy atom. The van der Waals surface area contributed by atoms with E-state index in [0.29, 0.717) is 18.0 Å². The smallest absolute Gasteiger partial charge is 0.111 e. The predicted molar refractivity (Wildman–Crippen MR) is 49.2 cm³/mol. The monoisotopic (exact) mass is 165 g/mol. The number of fused-ring (bicyclic) bond motifs is 2. The van der Waals surface area contributed by atoms with Crippen LogP contribution in [-0.2, 0) is 4.74 Å². The maximum atomic E-state index is 5.85. The summed E-state index contributed by atoms with van der Waals surface area (Å²) < 4.78 is 5.84. The second-order valence-corrected chi connectivity index (χ2v) is 4.09. The average Bonchev–Trinajstić information content (AvgIpc) is 2.41. The molecule has 2 nitrogen and oxygen atoms in total. The molecule has 5 atom stereocenters. The van der Waals surface area contributed by atoms with Gasteiger partial charge in [0, 0.05) is 24.0 Å². The van der Waals surface area contributed by atoms with Gasteiger partial charge in [0.25, 0.3) is 0 Å². The minimum atomic E-state index is -0.101. The number of nitrogens with one attached hydrogen (secondary N) is 1. The summed E-state index contributed by atoms with van der Waals surface area (Å²) in [6.07, 6.45) is 1.05. The molecule has 2 rings (SSSR count). The van der Waals surface area contributed by atoms with E-state index in [4.69, 9.17) is 12.6 Å². The zero-order chi connectivity index (χ0) is 8.93. The first-order valence-electron chi connectivity index (χ1n) is 4.81. The summed E-state index contributed by atoms with van der Waals surface area (Å²) in [5.74, 6) is 0.549. The van der Waals surface area contributed by atoms with Gasteiger partial charge in [0.1, 0.15) is 7.85 Å². The molecule has 1 N–H and O–H groups in total. The van der Waals surface area contributed by atoms with Crippen molar-refractivity contribution >= 4 is 7.85 Å². The van der Waals surface area contributed by atoms with Crippen molar-refractivity contribution in [3.63, 3.8) is 0 Å². The average molecular weight is 165 g/mol. The molecule has 2 aliphatic heterocycles. The standard InChI is InChI=1S/C9H16BNO/c1-4-9-5(2)7(8(10)12-9)11-6(9)3/h5-8,11H,4H2,1-3H3/t5?,6-,7-,8+,9+/m0/s1. The zero-order valence-corrected chi connectivity index (χ0v) is 8.00. The topological polar surface area (TPSA) is 21.3 Å². The van der Waals surface area contributed by atoms with E-state index >= 15 is 0 Å². The molecule has 2 aliphatic rings. The highest BCUT2D eigenvalue weighted by Gasteiger charge is 2.58. The van der Waals surface area contributed by atoms with Gasteiger partial charge in [-0.15, -0.1) is 0 Å². The molecular formula is C9H16BNO. The number of morpholine rings is 1. The van der Waals surface area contributed by atoms with Crippen molar-refractivity contribution in [2.45, 2.75) is 50.9 Å². The summed E-state index contributed by atoms with van der Waals surface area (Å²) >= 11 is 0. The molecule has 1 unspecified atom stereocenters. The number of ether oxygens (including phenoxy) is 1. The summed E-state index contributed by atoms with van der Waals surface area (Å²) in [7, 11) is 5.85. The first-order valence-corrected chi connectivity index (χ1v) is 4.81. The maximum Gasteiger partial charge on any atom is 0.111 e. The third-order valence-electron chi connectivity index (χ3n) is 3.75. The molecule has 0 spiro atoms. The quantitative estimate of drug-likeness (QED) is 0.576. The fraction of sp³-hybridized carbons (Fsp3) is 1.00. The second-order valence-electron chi connectivity index (χ2n) is 4.09. The number of hydrogen-bond donors (Lipinski definition) is 1.